The maximum Gasteiger partial charge on any atom is 0.258 e. The highest BCUT2D eigenvalue weighted by molar-refractivity contribution is 7.89. The molecule has 6 nitrogen and oxygen atoms in total. The Kier molecular flexibility index (Phi) is 6.54. The van der Waals surface area contributed by atoms with Crippen LogP contribution in [0.4, 0.5) is 0 Å². The summed E-state index contributed by atoms with van der Waals surface area (Å²) in [6.07, 6.45) is 1.39. The van der Waals surface area contributed by atoms with Gasteiger partial charge in [0.1, 0.15) is 0 Å². The van der Waals surface area contributed by atoms with Crippen LogP contribution in [-0.4, -0.2) is 39.2 Å². The molecule has 0 aromatic carbocycles. The molecule has 1 atom stereocenters. The van der Waals surface area contributed by atoms with Gasteiger partial charge < -0.3 is 10.1 Å². The number of ether oxygens (including phenoxy) is 1. The van der Waals surface area contributed by atoms with Gasteiger partial charge >= 0.3 is 0 Å². The lowest BCUT2D eigenvalue weighted by atomic mass is 10.2. The van der Waals surface area contributed by atoms with Crippen LogP contribution in [0.3, 0.4) is 0 Å². The smallest absolute Gasteiger partial charge is 0.258 e. The Morgan fingerprint density at radius 2 is 2.00 bits per heavy atom. The van der Waals surface area contributed by atoms with Gasteiger partial charge in [-0.3, -0.25) is 0 Å². The molecule has 0 radical (unpaired) electrons. The van der Waals surface area contributed by atoms with E-state index in [1.165, 1.54) is 13.2 Å². The predicted molar refractivity (Wildman–Crippen MR) is 77.9 cm³/mol. The van der Waals surface area contributed by atoms with Crippen molar-refractivity contribution in [2.24, 2.45) is 0 Å². The number of methoxy groups -OCH3 is 1. The minimum atomic E-state index is -3.57. The molecular formula is C13H23N3O3S. The Labute approximate surface area is 121 Å². The van der Waals surface area contributed by atoms with Gasteiger partial charge in [-0.05, 0) is 18.6 Å². The van der Waals surface area contributed by atoms with Gasteiger partial charge in [-0.25, -0.2) is 18.1 Å². The zero-order valence-corrected chi connectivity index (χ0v) is 13.2. The third-order valence-electron chi connectivity index (χ3n) is 2.75. The second-order valence-corrected chi connectivity index (χ2v) is 6.65. The molecule has 0 aliphatic rings. The van der Waals surface area contributed by atoms with Gasteiger partial charge in [0.2, 0.25) is 0 Å². The Hall–Kier alpha value is -1.02. The maximum atomic E-state index is 12.0. The zero-order valence-electron chi connectivity index (χ0n) is 12.4. The summed E-state index contributed by atoms with van der Waals surface area (Å²) >= 11 is 0. The van der Waals surface area contributed by atoms with Crippen LogP contribution in [0.2, 0.25) is 0 Å². The summed E-state index contributed by atoms with van der Waals surface area (Å²) < 4.78 is 31.4. The van der Waals surface area contributed by atoms with Crippen LogP contribution in [0, 0.1) is 0 Å². The van der Waals surface area contributed by atoms with Crippen LogP contribution in [0.5, 0.6) is 0 Å². The first-order chi connectivity index (χ1) is 9.35. The van der Waals surface area contributed by atoms with Gasteiger partial charge in [-0.2, -0.15) is 0 Å². The minimum Gasteiger partial charge on any atom is -0.380 e. The molecule has 0 saturated carbocycles. The second kappa shape index (κ2) is 7.68. The minimum absolute atomic E-state index is 0.0223. The Morgan fingerprint density at radius 1 is 1.30 bits per heavy atom. The van der Waals surface area contributed by atoms with Crippen molar-refractivity contribution in [1.29, 1.82) is 0 Å². The first-order valence-electron chi connectivity index (χ1n) is 6.56. The molecule has 1 aromatic heterocycles. The monoisotopic (exact) mass is 301 g/mol. The molecule has 1 unspecified atom stereocenters. The van der Waals surface area contributed by atoms with Crippen molar-refractivity contribution in [3.63, 3.8) is 0 Å². The van der Waals surface area contributed by atoms with E-state index in [1.807, 2.05) is 13.8 Å². The average molecular weight is 301 g/mol. The SMILES string of the molecule is COC(C)CNS(=O)(=O)c1ccc(CNC(C)C)cn1. The highest BCUT2D eigenvalue weighted by Crippen LogP contribution is 2.07. The largest absolute Gasteiger partial charge is 0.380 e. The molecule has 0 aliphatic heterocycles. The molecule has 0 aliphatic carbocycles. The molecule has 2 N–H and O–H groups in total. The first kappa shape index (κ1) is 17.0. The molecule has 0 fully saturated rings. The van der Waals surface area contributed by atoms with Crippen LogP contribution in [0.25, 0.3) is 0 Å². The average Bonchev–Trinajstić information content (AvgIpc) is 2.43. The summed E-state index contributed by atoms with van der Waals surface area (Å²) in [6.45, 7) is 6.77. The third-order valence-corrected chi connectivity index (χ3v) is 4.09. The van der Waals surface area contributed by atoms with Crippen molar-refractivity contribution >= 4 is 10.0 Å². The van der Waals surface area contributed by atoms with Crippen LogP contribution in [0.15, 0.2) is 23.4 Å². The molecule has 20 heavy (non-hydrogen) atoms. The van der Waals surface area contributed by atoms with E-state index in [1.54, 1.807) is 19.2 Å². The standard InChI is InChI=1S/C13H23N3O3S/c1-10(2)14-8-12-5-6-13(15-9-12)20(17,18)16-7-11(3)19-4/h5-6,9-11,14,16H,7-8H2,1-4H3. The third kappa shape index (κ3) is 5.54. The summed E-state index contributed by atoms with van der Waals surface area (Å²) in [5.41, 5.74) is 0.947. The van der Waals surface area contributed by atoms with E-state index in [-0.39, 0.29) is 17.7 Å². The summed E-state index contributed by atoms with van der Waals surface area (Å²) in [7, 11) is -2.04. The topological polar surface area (TPSA) is 80.3 Å². The van der Waals surface area contributed by atoms with E-state index in [4.69, 9.17) is 4.74 Å². The van der Waals surface area contributed by atoms with Crippen molar-refractivity contribution in [3.05, 3.63) is 23.9 Å². The van der Waals surface area contributed by atoms with Crippen LogP contribution in [-0.2, 0) is 21.3 Å². The highest BCUT2D eigenvalue weighted by atomic mass is 32.2. The number of pyridine rings is 1. The second-order valence-electron chi connectivity index (χ2n) is 4.94. The van der Waals surface area contributed by atoms with E-state index in [0.29, 0.717) is 12.6 Å². The number of nitrogens with one attached hydrogen (secondary N) is 2. The lowest BCUT2D eigenvalue weighted by Gasteiger charge is -2.11. The van der Waals surface area contributed by atoms with Crippen molar-refractivity contribution in [1.82, 2.24) is 15.0 Å². The van der Waals surface area contributed by atoms with E-state index in [0.717, 1.165) is 5.56 Å². The summed E-state index contributed by atoms with van der Waals surface area (Å²) in [4.78, 5) is 4.00. The van der Waals surface area contributed by atoms with Gasteiger partial charge in [-0.1, -0.05) is 19.9 Å². The van der Waals surface area contributed by atoms with Crippen molar-refractivity contribution in [2.75, 3.05) is 13.7 Å². The fourth-order valence-corrected chi connectivity index (χ4v) is 2.42. The Balaban J connectivity index is 2.67. The number of nitrogens with zero attached hydrogens (tertiary/aromatic N) is 1. The molecule has 1 heterocycles. The van der Waals surface area contributed by atoms with E-state index >= 15 is 0 Å². The summed E-state index contributed by atoms with van der Waals surface area (Å²) in [6, 6.07) is 3.64. The zero-order chi connectivity index (χ0) is 15.2. The molecule has 0 amide bonds. The van der Waals surface area contributed by atoms with Crippen LogP contribution in [0.1, 0.15) is 26.3 Å². The number of hydrogen-bond acceptors (Lipinski definition) is 5. The molecule has 0 bridgehead atoms. The van der Waals surface area contributed by atoms with Gasteiger partial charge in [0, 0.05) is 32.4 Å². The molecule has 0 saturated heterocycles. The van der Waals surface area contributed by atoms with Crippen LogP contribution >= 0.6 is 0 Å². The highest BCUT2D eigenvalue weighted by Gasteiger charge is 2.16. The fraction of sp³-hybridized carbons (Fsp3) is 0.615. The van der Waals surface area contributed by atoms with E-state index in [2.05, 4.69) is 15.0 Å². The van der Waals surface area contributed by atoms with Crippen molar-refractivity contribution in [2.45, 2.75) is 44.5 Å². The normalized spacial score (nSPS) is 13.7. The quantitative estimate of drug-likeness (QED) is 0.745. The Morgan fingerprint density at radius 3 is 2.50 bits per heavy atom. The number of aromatic nitrogens is 1. The molecular weight excluding hydrogens is 278 g/mol. The molecule has 7 heteroatoms. The maximum absolute atomic E-state index is 12.0. The molecule has 1 rings (SSSR count). The van der Waals surface area contributed by atoms with Crippen molar-refractivity contribution < 1.29 is 13.2 Å². The van der Waals surface area contributed by atoms with Gasteiger partial charge in [0.15, 0.2) is 5.03 Å². The molecule has 1 aromatic rings. The molecule has 114 valence electrons. The van der Waals surface area contributed by atoms with Crippen molar-refractivity contribution in [3.8, 4) is 0 Å². The molecule has 0 spiro atoms. The summed E-state index contributed by atoms with van der Waals surface area (Å²) in [5, 5.41) is 3.27. The lowest BCUT2D eigenvalue weighted by Crippen LogP contribution is -2.32. The number of sulfonamides is 1. The lowest BCUT2D eigenvalue weighted by molar-refractivity contribution is 0.122. The van der Waals surface area contributed by atoms with Gasteiger partial charge in [0.25, 0.3) is 10.0 Å². The first-order valence-corrected chi connectivity index (χ1v) is 8.04. The van der Waals surface area contributed by atoms with E-state index in [9.17, 15) is 8.42 Å². The number of rotatable bonds is 8. The van der Waals surface area contributed by atoms with Gasteiger partial charge in [0.05, 0.1) is 6.10 Å². The number of hydrogen-bond donors (Lipinski definition) is 2. The summed E-state index contributed by atoms with van der Waals surface area (Å²) in [5.74, 6) is 0. The predicted octanol–water partition coefficient (Wildman–Crippen LogP) is 0.893. The Bertz CT molecular complexity index is 500. The fourth-order valence-electron chi connectivity index (χ4n) is 1.38. The van der Waals surface area contributed by atoms with E-state index < -0.39 is 10.0 Å². The van der Waals surface area contributed by atoms with Gasteiger partial charge in [-0.15, -0.1) is 0 Å². The van der Waals surface area contributed by atoms with Crippen LogP contribution < -0.4 is 10.0 Å².